The van der Waals surface area contributed by atoms with E-state index in [0.717, 1.165) is 0 Å². The van der Waals surface area contributed by atoms with Crippen molar-refractivity contribution in [3.63, 3.8) is 0 Å². The van der Waals surface area contributed by atoms with E-state index < -0.39 is 41.1 Å². The third-order valence-electron chi connectivity index (χ3n) is 2.80. The van der Waals surface area contributed by atoms with Crippen molar-refractivity contribution in [3.05, 3.63) is 34.4 Å². The third kappa shape index (κ3) is 3.66. The quantitative estimate of drug-likeness (QED) is 0.840. The van der Waals surface area contributed by atoms with Crippen LogP contribution in [0.25, 0.3) is 0 Å². The van der Waals surface area contributed by atoms with Gasteiger partial charge in [0.25, 0.3) is 0 Å². The van der Waals surface area contributed by atoms with Crippen LogP contribution in [0.15, 0.2) is 12.1 Å². The number of aliphatic carboxylic acids is 1. The Hall–Kier alpha value is -1.77. The lowest BCUT2D eigenvalue weighted by Gasteiger charge is -2.20. The van der Waals surface area contributed by atoms with Crippen molar-refractivity contribution in [3.8, 4) is 0 Å². The van der Waals surface area contributed by atoms with Crippen molar-refractivity contribution in [2.24, 2.45) is 0 Å². The molecule has 2 N–H and O–H groups in total. The van der Waals surface area contributed by atoms with Crippen molar-refractivity contribution >= 4 is 5.97 Å². The van der Waals surface area contributed by atoms with Gasteiger partial charge in [-0.15, -0.1) is 0 Å². The summed E-state index contributed by atoms with van der Waals surface area (Å²) in [6.07, 6.45) is -13.1. The monoisotopic (exact) mass is 316 g/mol. The Labute approximate surface area is 114 Å². The number of carboxylic acid groups (broad SMARTS) is 1. The van der Waals surface area contributed by atoms with E-state index in [9.17, 15) is 36.2 Å². The summed E-state index contributed by atoms with van der Waals surface area (Å²) < 4.78 is 76.3. The predicted octanol–water partition coefficient (Wildman–Crippen LogP) is 3.40. The average molecular weight is 316 g/mol. The van der Waals surface area contributed by atoms with Gasteiger partial charge >= 0.3 is 18.3 Å². The van der Waals surface area contributed by atoms with E-state index in [4.69, 9.17) is 5.11 Å². The van der Waals surface area contributed by atoms with Crippen LogP contribution in [0, 0.1) is 0 Å². The standard InChI is InChI=1S/C12H10F6O3/c1-2-5-3-7(11(13,14)15)8(12(16,17)18)4-6(5)9(19)10(20)21/h3-4,9,19H,2H2,1H3,(H,20,21). The Bertz CT molecular complexity index is 547. The molecule has 1 aromatic carbocycles. The molecule has 3 nitrogen and oxygen atoms in total. The molecule has 0 radical (unpaired) electrons. The number of hydrogen-bond donors (Lipinski definition) is 2. The van der Waals surface area contributed by atoms with E-state index in [1.54, 1.807) is 0 Å². The summed E-state index contributed by atoms with van der Waals surface area (Å²) in [5.74, 6) is -1.85. The number of alkyl halides is 6. The number of aryl methyl sites for hydroxylation is 1. The molecule has 0 aliphatic heterocycles. The van der Waals surface area contributed by atoms with Gasteiger partial charge in [0.1, 0.15) is 0 Å². The zero-order valence-electron chi connectivity index (χ0n) is 10.5. The van der Waals surface area contributed by atoms with E-state index in [-0.39, 0.29) is 24.1 Å². The summed E-state index contributed by atoms with van der Waals surface area (Å²) >= 11 is 0. The molecule has 1 atom stereocenters. The maximum atomic E-state index is 12.7. The molecule has 0 aromatic heterocycles. The minimum atomic E-state index is -5.33. The molecule has 0 saturated carbocycles. The molecular formula is C12H10F6O3. The minimum absolute atomic E-state index is 0.0421. The molecule has 0 heterocycles. The molecule has 21 heavy (non-hydrogen) atoms. The summed E-state index contributed by atoms with van der Waals surface area (Å²) in [7, 11) is 0. The number of rotatable bonds is 3. The van der Waals surface area contributed by atoms with Gasteiger partial charge in [-0.3, -0.25) is 0 Å². The Morgan fingerprint density at radius 2 is 1.52 bits per heavy atom. The van der Waals surface area contributed by atoms with Crippen LogP contribution in [-0.2, 0) is 23.6 Å². The number of aliphatic hydroxyl groups excluding tert-OH is 1. The summed E-state index contributed by atoms with van der Waals surface area (Å²) in [6, 6.07) is 0.269. The highest BCUT2D eigenvalue weighted by molar-refractivity contribution is 5.75. The molecule has 0 aliphatic carbocycles. The fourth-order valence-electron chi connectivity index (χ4n) is 1.82. The highest BCUT2D eigenvalue weighted by Gasteiger charge is 2.44. The Kier molecular flexibility index (Phi) is 4.57. The SMILES string of the molecule is CCc1cc(C(F)(F)F)c(C(F)(F)F)cc1C(O)C(=O)O. The topological polar surface area (TPSA) is 57.5 Å². The summed E-state index contributed by atoms with van der Waals surface area (Å²) in [6.45, 7) is 1.33. The molecule has 0 fully saturated rings. The van der Waals surface area contributed by atoms with Gasteiger partial charge in [-0.05, 0) is 29.7 Å². The van der Waals surface area contributed by atoms with E-state index in [1.807, 2.05) is 0 Å². The number of aliphatic hydroxyl groups is 1. The molecule has 1 aromatic rings. The van der Waals surface area contributed by atoms with Crippen molar-refractivity contribution in [2.75, 3.05) is 0 Å². The van der Waals surface area contributed by atoms with Crippen molar-refractivity contribution in [1.29, 1.82) is 0 Å². The number of carbonyl (C=O) groups is 1. The van der Waals surface area contributed by atoms with Crippen LogP contribution < -0.4 is 0 Å². The van der Waals surface area contributed by atoms with Gasteiger partial charge in [-0.2, -0.15) is 26.3 Å². The lowest BCUT2D eigenvalue weighted by atomic mass is 9.93. The fourth-order valence-corrected chi connectivity index (χ4v) is 1.82. The predicted molar refractivity (Wildman–Crippen MR) is 58.4 cm³/mol. The van der Waals surface area contributed by atoms with E-state index in [0.29, 0.717) is 0 Å². The second kappa shape index (κ2) is 5.55. The lowest BCUT2D eigenvalue weighted by molar-refractivity contribution is -0.162. The van der Waals surface area contributed by atoms with Crippen LogP contribution in [0.4, 0.5) is 26.3 Å². The number of hydrogen-bond acceptors (Lipinski definition) is 2. The minimum Gasteiger partial charge on any atom is -0.479 e. The second-order valence-corrected chi connectivity index (χ2v) is 4.19. The second-order valence-electron chi connectivity index (χ2n) is 4.19. The first-order chi connectivity index (χ1) is 9.39. The van der Waals surface area contributed by atoms with Gasteiger partial charge < -0.3 is 10.2 Å². The number of carboxylic acids is 1. The number of halogens is 6. The Morgan fingerprint density at radius 1 is 1.10 bits per heavy atom. The first kappa shape index (κ1) is 17.3. The van der Waals surface area contributed by atoms with Crippen LogP contribution in [0.2, 0.25) is 0 Å². The van der Waals surface area contributed by atoms with Gasteiger partial charge in [0, 0.05) is 0 Å². The smallest absolute Gasteiger partial charge is 0.417 e. The van der Waals surface area contributed by atoms with Crippen LogP contribution in [0.1, 0.15) is 35.3 Å². The van der Waals surface area contributed by atoms with Gasteiger partial charge in [-0.1, -0.05) is 6.92 Å². The maximum Gasteiger partial charge on any atom is 0.417 e. The summed E-state index contributed by atoms with van der Waals surface area (Å²) in [5, 5.41) is 18.0. The first-order valence-electron chi connectivity index (χ1n) is 5.61. The van der Waals surface area contributed by atoms with E-state index >= 15 is 0 Å². The van der Waals surface area contributed by atoms with Crippen molar-refractivity contribution in [1.82, 2.24) is 0 Å². The number of benzene rings is 1. The van der Waals surface area contributed by atoms with Crippen LogP contribution in [0.5, 0.6) is 0 Å². The molecule has 1 unspecified atom stereocenters. The fraction of sp³-hybridized carbons (Fsp3) is 0.417. The normalized spacial score (nSPS) is 14.1. The molecule has 9 heteroatoms. The molecule has 0 amide bonds. The largest absolute Gasteiger partial charge is 0.479 e. The zero-order valence-corrected chi connectivity index (χ0v) is 10.5. The maximum absolute atomic E-state index is 12.7. The van der Waals surface area contributed by atoms with Gasteiger partial charge in [0.15, 0.2) is 6.10 Å². The molecule has 0 aliphatic rings. The zero-order chi connectivity index (χ0) is 16.6. The molecule has 0 saturated heterocycles. The summed E-state index contributed by atoms with van der Waals surface area (Å²) in [4.78, 5) is 10.7. The molecule has 0 bridgehead atoms. The van der Waals surface area contributed by atoms with E-state index in [1.165, 1.54) is 6.92 Å². The highest BCUT2D eigenvalue weighted by Crippen LogP contribution is 2.42. The van der Waals surface area contributed by atoms with Crippen LogP contribution in [-0.4, -0.2) is 16.2 Å². The van der Waals surface area contributed by atoms with Crippen LogP contribution >= 0.6 is 0 Å². The first-order valence-corrected chi connectivity index (χ1v) is 5.61. The van der Waals surface area contributed by atoms with Crippen molar-refractivity contribution < 1.29 is 41.4 Å². The molecule has 0 spiro atoms. The average Bonchev–Trinajstić information content (AvgIpc) is 2.33. The van der Waals surface area contributed by atoms with Gasteiger partial charge in [-0.25, -0.2) is 4.79 Å². The molecule has 118 valence electrons. The van der Waals surface area contributed by atoms with Gasteiger partial charge in [0.2, 0.25) is 0 Å². The molecule has 1 rings (SSSR count). The Morgan fingerprint density at radius 3 is 1.86 bits per heavy atom. The summed E-state index contributed by atoms with van der Waals surface area (Å²) in [5.41, 5.74) is -4.95. The van der Waals surface area contributed by atoms with E-state index in [2.05, 4.69) is 0 Å². The lowest BCUT2D eigenvalue weighted by Crippen LogP contribution is -2.20. The third-order valence-corrected chi connectivity index (χ3v) is 2.80. The molecular weight excluding hydrogens is 306 g/mol. The van der Waals surface area contributed by atoms with Crippen LogP contribution in [0.3, 0.4) is 0 Å². The van der Waals surface area contributed by atoms with Crippen molar-refractivity contribution in [2.45, 2.75) is 31.8 Å². The highest BCUT2D eigenvalue weighted by atomic mass is 19.4. The Balaban J connectivity index is 3.68. The van der Waals surface area contributed by atoms with Gasteiger partial charge in [0.05, 0.1) is 11.1 Å².